The number of nitrogens with two attached hydrogens (primary N) is 1. The van der Waals surface area contributed by atoms with Crippen LogP contribution in [0.5, 0.6) is 0 Å². The van der Waals surface area contributed by atoms with Crippen LogP contribution in [0.15, 0.2) is 18.2 Å². The normalized spacial score (nSPS) is 17.6. The first-order valence-corrected chi connectivity index (χ1v) is 10.8. The number of rotatable bonds is 12. The molecule has 7 nitrogen and oxygen atoms in total. The van der Waals surface area contributed by atoms with E-state index in [-0.39, 0.29) is 12.1 Å². The summed E-state index contributed by atoms with van der Waals surface area (Å²) in [5.41, 5.74) is 6.49. The topological polar surface area (TPSA) is 110 Å². The third-order valence-electron chi connectivity index (χ3n) is 5.93. The zero-order valence-corrected chi connectivity index (χ0v) is 17.9. The Balaban J connectivity index is 1.70. The molecule has 1 aromatic rings. The molecule has 1 aliphatic heterocycles. The third kappa shape index (κ3) is 7.96. The summed E-state index contributed by atoms with van der Waals surface area (Å²) < 4.78 is 14.1. The Morgan fingerprint density at radius 2 is 1.77 bits per heavy atom. The number of halogens is 1. The van der Waals surface area contributed by atoms with Crippen molar-refractivity contribution in [2.24, 2.45) is 5.73 Å². The van der Waals surface area contributed by atoms with Crippen molar-refractivity contribution in [2.45, 2.75) is 57.4 Å². The average Bonchev–Trinajstić information content (AvgIpc) is 2.68. The SMILES string of the molecule is Cc1ccc(CN2CCN(CCCC(N)(CCCCB(O)O)C(=O)O)CC2)c(F)c1. The number of carboxylic acids is 1. The lowest BCUT2D eigenvalue weighted by Crippen LogP contribution is -2.49. The van der Waals surface area contributed by atoms with Crippen molar-refractivity contribution < 1.29 is 24.3 Å². The fourth-order valence-electron chi connectivity index (χ4n) is 3.92. The molecule has 168 valence electrons. The minimum atomic E-state index is -1.36. The van der Waals surface area contributed by atoms with Gasteiger partial charge in [-0.05, 0) is 50.7 Å². The fraction of sp³-hybridized carbons (Fsp3) is 0.667. The second-order valence-corrected chi connectivity index (χ2v) is 8.50. The molecule has 1 unspecified atom stereocenters. The minimum Gasteiger partial charge on any atom is -0.480 e. The predicted octanol–water partition coefficient (Wildman–Crippen LogP) is 1.46. The standard InChI is InChI=1S/C21H35BFN3O4/c1-17-5-6-18(19(23)15-17)16-26-13-11-25(12-14-26)10-4-8-21(24,20(27)28)7-2-3-9-22(29)30/h5-6,15,29-30H,2-4,7-14,16,24H2,1H3,(H,27,28). The van der Waals surface area contributed by atoms with Gasteiger partial charge < -0.3 is 25.8 Å². The monoisotopic (exact) mass is 423 g/mol. The number of hydrogen-bond donors (Lipinski definition) is 4. The van der Waals surface area contributed by atoms with Crippen LogP contribution in [0.25, 0.3) is 0 Å². The molecule has 30 heavy (non-hydrogen) atoms. The predicted molar refractivity (Wildman–Crippen MR) is 115 cm³/mol. The van der Waals surface area contributed by atoms with E-state index in [1.165, 1.54) is 0 Å². The molecule has 1 fully saturated rings. The van der Waals surface area contributed by atoms with Gasteiger partial charge in [0.2, 0.25) is 0 Å². The summed E-state index contributed by atoms with van der Waals surface area (Å²) in [6.07, 6.45) is 2.72. The quantitative estimate of drug-likeness (QED) is 0.298. The zero-order valence-electron chi connectivity index (χ0n) is 17.9. The van der Waals surface area contributed by atoms with Crippen molar-refractivity contribution in [3.63, 3.8) is 0 Å². The van der Waals surface area contributed by atoms with Crippen molar-refractivity contribution in [2.75, 3.05) is 32.7 Å². The molecule has 0 saturated carbocycles. The van der Waals surface area contributed by atoms with Crippen molar-refractivity contribution in [1.29, 1.82) is 0 Å². The molecule has 1 aromatic carbocycles. The maximum Gasteiger partial charge on any atom is 0.451 e. The molecule has 0 radical (unpaired) electrons. The summed E-state index contributed by atoms with van der Waals surface area (Å²) in [7, 11) is -1.36. The van der Waals surface area contributed by atoms with Crippen molar-refractivity contribution in [1.82, 2.24) is 9.80 Å². The lowest BCUT2D eigenvalue weighted by Gasteiger charge is -2.35. The summed E-state index contributed by atoms with van der Waals surface area (Å²) in [5, 5.41) is 27.3. The molecule has 2 rings (SSSR count). The Labute approximate surface area is 178 Å². The number of benzene rings is 1. The first-order valence-electron chi connectivity index (χ1n) is 10.8. The maximum absolute atomic E-state index is 14.1. The molecular formula is C21H35BFN3O4. The Bertz CT molecular complexity index is 686. The molecule has 1 aliphatic rings. The van der Waals surface area contributed by atoms with E-state index in [0.29, 0.717) is 38.6 Å². The van der Waals surface area contributed by atoms with Crippen LogP contribution in [0, 0.1) is 12.7 Å². The maximum atomic E-state index is 14.1. The average molecular weight is 423 g/mol. The van der Waals surface area contributed by atoms with E-state index < -0.39 is 18.6 Å². The molecule has 5 N–H and O–H groups in total. The molecular weight excluding hydrogens is 388 g/mol. The first kappa shape index (κ1) is 24.8. The van der Waals surface area contributed by atoms with Crippen LogP contribution in [0.1, 0.15) is 43.2 Å². The second kappa shape index (κ2) is 11.8. The molecule has 1 atom stereocenters. The Hall–Kier alpha value is -1.52. The van der Waals surface area contributed by atoms with Crippen molar-refractivity contribution in [3.8, 4) is 0 Å². The molecule has 0 bridgehead atoms. The van der Waals surface area contributed by atoms with Crippen LogP contribution in [0.3, 0.4) is 0 Å². The number of aliphatic carboxylic acids is 1. The van der Waals surface area contributed by atoms with Crippen LogP contribution in [-0.2, 0) is 11.3 Å². The van der Waals surface area contributed by atoms with Gasteiger partial charge in [-0.15, -0.1) is 0 Å². The van der Waals surface area contributed by atoms with E-state index in [1.807, 2.05) is 19.1 Å². The van der Waals surface area contributed by atoms with Crippen LogP contribution in [0.2, 0.25) is 6.32 Å². The van der Waals surface area contributed by atoms with E-state index in [0.717, 1.165) is 43.9 Å². The van der Waals surface area contributed by atoms with Crippen LogP contribution in [0.4, 0.5) is 4.39 Å². The van der Waals surface area contributed by atoms with Gasteiger partial charge in [0.15, 0.2) is 0 Å². The highest BCUT2D eigenvalue weighted by atomic mass is 19.1. The van der Waals surface area contributed by atoms with Gasteiger partial charge in [-0.1, -0.05) is 25.0 Å². The van der Waals surface area contributed by atoms with E-state index in [9.17, 15) is 14.3 Å². The van der Waals surface area contributed by atoms with Gasteiger partial charge in [0.05, 0.1) is 0 Å². The largest absolute Gasteiger partial charge is 0.480 e. The molecule has 0 amide bonds. The smallest absolute Gasteiger partial charge is 0.451 e. The fourth-order valence-corrected chi connectivity index (χ4v) is 3.92. The van der Waals surface area contributed by atoms with Crippen LogP contribution >= 0.6 is 0 Å². The van der Waals surface area contributed by atoms with E-state index in [1.54, 1.807) is 6.07 Å². The molecule has 0 aromatic heterocycles. The highest BCUT2D eigenvalue weighted by molar-refractivity contribution is 6.40. The number of hydrogen-bond acceptors (Lipinski definition) is 6. The summed E-state index contributed by atoms with van der Waals surface area (Å²) in [4.78, 5) is 16.2. The lowest BCUT2D eigenvalue weighted by molar-refractivity contribution is -0.144. The van der Waals surface area contributed by atoms with Gasteiger partial charge in [-0.2, -0.15) is 0 Å². The Morgan fingerprint density at radius 1 is 1.13 bits per heavy atom. The number of carbonyl (C=O) groups is 1. The van der Waals surface area contributed by atoms with Gasteiger partial charge >= 0.3 is 13.1 Å². The molecule has 9 heteroatoms. The van der Waals surface area contributed by atoms with Gasteiger partial charge in [0.25, 0.3) is 0 Å². The minimum absolute atomic E-state index is 0.154. The van der Waals surface area contributed by atoms with Gasteiger partial charge in [-0.25, -0.2) is 4.39 Å². The number of piperazine rings is 1. The molecule has 1 saturated heterocycles. The number of unbranched alkanes of at least 4 members (excludes halogenated alkanes) is 1. The van der Waals surface area contributed by atoms with E-state index in [2.05, 4.69) is 9.80 Å². The van der Waals surface area contributed by atoms with Gasteiger partial charge in [-0.3, -0.25) is 9.69 Å². The Morgan fingerprint density at radius 3 is 2.37 bits per heavy atom. The third-order valence-corrected chi connectivity index (χ3v) is 5.93. The number of carboxylic acid groups (broad SMARTS) is 1. The van der Waals surface area contributed by atoms with E-state index in [4.69, 9.17) is 15.8 Å². The lowest BCUT2D eigenvalue weighted by atomic mass is 9.81. The summed E-state index contributed by atoms with van der Waals surface area (Å²) in [6.45, 7) is 6.71. The van der Waals surface area contributed by atoms with E-state index >= 15 is 0 Å². The number of aryl methyl sites for hydroxylation is 1. The molecule has 1 heterocycles. The van der Waals surface area contributed by atoms with Gasteiger partial charge in [0, 0.05) is 38.3 Å². The zero-order chi connectivity index (χ0) is 22.1. The highest BCUT2D eigenvalue weighted by Gasteiger charge is 2.33. The number of nitrogens with zero attached hydrogens (tertiary/aromatic N) is 2. The highest BCUT2D eigenvalue weighted by Crippen LogP contribution is 2.20. The first-order chi connectivity index (χ1) is 14.2. The van der Waals surface area contributed by atoms with Crippen molar-refractivity contribution in [3.05, 3.63) is 35.1 Å². The summed E-state index contributed by atoms with van der Waals surface area (Å²) in [6, 6.07) is 5.35. The second-order valence-electron chi connectivity index (χ2n) is 8.50. The molecule has 0 spiro atoms. The van der Waals surface area contributed by atoms with Crippen LogP contribution < -0.4 is 5.73 Å². The summed E-state index contributed by atoms with van der Waals surface area (Å²) >= 11 is 0. The Kier molecular flexibility index (Phi) is 9.70. The van der Waals surface area contributed by atoms with Crippen LogP contribution in [-0.4, -0.2) is 76.3 Å². The van der Waals surface area contributed by atoms with Gasteiger partial charge in [0.1, 0.15) is 11.4 Å². The molecule has 0 aliphatic carbocycles. The summed E-state index contributed by atoms with van der Waals surface area (Å²) in [5.74, 6) is -1.16. The van der Waals surface area contributed by atoms with Crippen molar-refractivity contribution >= 4 is 13.1 Å².